The number of rotatable bonds is 6. The van der Waals surface area contributed by atoms with Gasteiger partial charge in [0.05, 0.1) is 5.56 Å². The number of anilines is 2. The van der Waals surface area contributed by atoms with Crippen LogP contribution in [-0.4, -0.2) is 33.1 Å². The average Bonchev–Trinajstić information content (AvgIpc) is 2.25. The molecular weight excluding hydrogens is 294 g/mol. The molecular formula is C8H13N4O5P2+. The van der Waals surface area contributed by atoms with Gasteiger partial charge in [0.1, 0.15) is 24.2 Å². The van der Waals surface area contributed by atoms with Crippen molar-refractivity contribution in [3.05, 3.63) is 18.5 Å². The van der Waals surface area contributed by atoms with Gasteiger partial charge in [-0.3, -0.25) is 4.57 Å². The normalized spacial score (nSPS) is 14.6. The van der Waals surface area contributed by atoms with Gasteiger partial charge in [-0.25, -0.2) is 9.97 Å². The second kappa shape index (κ2) is 6.18. The van der Waals surface area contributed by atoms with Gasteiger partial charge in [-0.1, -0.05) is 12.7 Å². The Morgan fingerprint density at radius 2 is 2.32 bits per heavy atom. The lowest BCUT2D eigenvalue weighted by atomic mass is 10.2. The van der Waals surface area contributed by atoms with E-state index in [1.165, 1.54) is 24.4 Å². The van der Waals surface area contributed by atoms with Gasteiger partial charge in [-0.2, -0.15) is 0 Å². The molecule has 2 unspecified atom stereocenters. The van der Waals surface area contributed by atoms with Crippen LogP contribution in [0.2, 0.25) is 0 Å². The van der Waals surface area contributed by atoms with Crippen LogP contribution in [0.3, 0.4) is 0 Å². The van der Waals surface area contributed by atoms with Gasteiger partial charge < -0.3 is 15.5 Å². The first-order valence-electron chi connectivity index (χ1n) is 4.88. The van der Waals surface area contributed by atoms with E-state index >= 15 is 0 Å². The smallest absolute Gasteiger partial charge is 0.383 e. The summed E-state index contributed by atoms with van der Waals surface area (Å²) in [4.78, 5) is 26.8. The molecule has 11 heteroatoms. The number of hydrogen-bond acceptors (Lipinski definition) is 7. The summed E-state index contributed by atoms with van der Waals surface area (Å²) in [5.41, 5.74) is 6.00. The molecule has 19 heavy (non-hydrogen) atoms. The summed E-state index contributed by atoms with van der Waals surface area (Å²) in [6.45, 7) is 3.54. The predicted molar refractivity (Wildman–Crippen MR) is 70.5 cm³/mol. The SMILES string of the molecule is C=Cc1c(N)ncnc1N(C)CP(=O)(O)O[P+](=O)O. The van der Waals surface area contributed by atoms with Crippen molar-refractivity contribution in [2.75, 3.05) is 24.0 Å². The maximum atomic E-state index is 11.5. The molecule has 1 rings (SSSR count). The summed E-state index contributed by atoms with van der Waals surface area (Å²) in [6.07, 6.45) is 2.05. The zero-order valence-corrected chi connectivity index (χ0v) is 11.8. The molecule has 1 heterocycles. The first-order valence-corrected chi connectivity index (χ1v) is 7.78. The van der Waals surface area contributed by atoms with Crippen molar-refractivity contribution >= 4 is 33.6 Å². The third-order valence-corrected chi connectivity index (χ3v) is 4.41. The fourth-order valence-electron chi connectivity index (χ4n) is 1.37. The van der Waals surface area contributed by atoms with E-state index in [1.807, 2.05) is 0 Å². The van der Waals surface area contributed by atoms with E-state index in [9.17, 15) is 14.0 Å². The van der Waals surface area contributed by atoms with Gasteiger partial charge in [-0.15, -0.1) is 4.89 Å². The lowest BCUT2D eigenvalue weighted by Gasteiger charge is -2.20. The lowest BCUT2D eigenvalue weighted by Crippen LogP contribution is -2.21. The number of nitrogens with zero attached hydrogens (tertiary/aromatic N) is 3. The van der Waals surface area contributed by atoms with Gasteiger partial charge in [0.15, 0.2) is 0 Å². The molecule has 9 nitrogen and oxygen atoms in total. The minimum Gasteiger partial charge on any atom is -0.383 e. The minimum atomic E-state index is -4.26. The van der Waals surface area contributed by atoms with E-state index in [-0.39, 0.29) is 11.6 Å². The van der Waals surface area contributed by atoms with Crippen LogP contribution in [0.5, 0.6) is 0 Å². The van der Waals surface area contributed by atoms with Crippen LogP contribution in [0.4, 0.5) is 11.6 Å². The molecule has 0 aromatic carbocycles. The first kappa shape index (κ1) is 15.7. The molecule has 0 amide bonds. The zero-order valence-electron chi connectivity index (χ0n) is 10.0. The second-order valence-corrected chi connectivity index (χ2v) is 6.18. The maximum absolute atomic E-state index is 11.5. The highest BCUT2D eigenvalue weighted by molar-refractivity contribution is 7.59. The molecule has 0 aliphatic carbocycles. The standard InChI is InChI=1S/C8H12N4O5P2/c1-3-6-7(9)10-4-11-8(6)12(2)5-19(15,16)17-18(13)14/h3-4H,1,5H2,2H3,(H3-,9,10,11,13,14,15,16)/p+1. The van der Waals surface area contributed by atoms with Crippen molar-refractivity contribution in [3.63, 3.8) is 0 Å². The fraction of sp³-hybridized carbons (Fsp3) is 0.250. The number of nitrogen functional groups attached to an aromatic ring is 1. The third-order valence-electron chi connectivity index (χ3n) is 2.05. The molecule has 0 radical (unpaired) electrons. The average molecular weight is 307 g/mol. The van der Waals surface area contributed by atoms with Crippen LogP contribution in [0.25, 0.3) is 6.08 Å². The monoisotopic (exact) mass is 307 g/mol. The molecule has 4 N–H and O–H groups in total. The van der Waals surface area contributed by atoms with E-state index in [1.54, 1.807) is 0 Å². The van der Waals surface area contributed by atoms with Crippen LogP contribution >= 0.6 is 15.9 Å². The molecule has 1 aromatic heterocycles. The third kappa shape index (κ3) is 4.34. The van der Waals surface area contributed by atoms with Gasteiger partial charge >= 0.3 is 15.9 Å². The van der Waals surface area contributed by atoms with Crippen LogP contribution < -0.4 is 10.6 Å². The molecule has 0 bridgehead atoms. The summed E-state index contributed by atoms with van der Waals surface area (Å²) in [5.74, 6) is 0.419. The number of aromatic nitrogens is 2. The minimum absolute atomic E-state index is 0.161. The molecule has 0 fully saturated rings. The van der Waals surface area contributed by atoms with E-state index in [0.29, 0.717) is 5.56 Å². The van der Waals surface area contributed by atoms with Crippen LogP contribution in [0.15, 0.2) is 12.9 Å². The Hall–Kier alpha value is -1.37. The molecule has 0 aliphatic heterocycles. The molecule has 0 spiro atoms. The van der Waals surface area contributed by atoms with Gasteiger partial charge in [0.2, 0.25) is 0 Å². The van der Waals surface area contributed by atoms with Crippen LogP contribution in [0, 0.1) is 0 Å². The van der Waals surface area contributed by atoms with Crippen molar-refractivity contribution in [2.24, 2.45) is 0 Å². The molecule has 0 aliphatic rings. The van der Waals surface area contributed by atoms with Crippen LogP contribution in [0.1, 0.15) is 5.56 Å². The highest BCUT2D eigenvalue weighted by Crippen LogP contribution is 2.50. The van der Waals surface area contributed by atoms with E-state index in [4.69, 9.17) is 10.6 Å². The molecule has 104 valence electrons. The van der Waals surface area contributed by atoms with E-state index in [2.05, 4.69) is 20.9 Å². The Morgan fingerprint density at radius 3 is 2.84 bits per heavy atom. The van der Waals surface area contributed by atoms with Crippen molar-refractivity contribution in [3.8, 4) is 0 Å². The summed E-state index contributed by atoms with van der Waals surface area (Å²) in [6, 6.07) is 0. The van der Waals surface area contributed by atoms with Gasteiger partial charge in [0, 0.05) is 11.6 Å². The number of hydrogen-bond donors (Lipinski definition) is 3. The summed E-state index contributed by atoms with van der Waals surface area (Å²) < 4.78 is 26.0. The highest BCUT2D eigenvalue weighted by atomic mass is 31.2. The molecule has 0 saturated carbocycles. The van der Waals surface area contributed by atoms with E-state index < -0.39 is 22.1 Å². The Morgan fingerprint density at radius 1 is 1.68 bits per heavy atom. The fourth-order valence-corrected chi connectivity index (χ4v) is 3.12. The van der Waals surface area contributed by atoms with E-state index in [0.717, 1.165) is 0 Å². The zero-order chi connectivity index (χ0) is 14.6. The molecule has 1 aromatic rings. The molecule has 0 saturated heterocycles. The van der Waals surface area contributed by atoms with Crippen molar-refractivity contribution in [1.29, 1.82) is 0 Å². The van der Waals surface area contributed by atoms with Gasteiger partial charge in [0.25, 0.3) is 0 Å². The summed E-state index contributed by atoms with van der Waals surface area (Å²) in [5, 5.41) is 0. The first-order chi connectivity index (χ1) is 8.76. The molecule has 2 atom stereocenters. The second-order valence-electron chi connectivity index (χ2n) is 3.50. The predicted octanol–water partition coefficient (Wildman–Crippen LogP) is 0.947. The number of nitrogens with two attached hydrogens (primary N) is 1. The van der Waals surface area contributed by atoms with Crippen molar-refractivity contribution < 1.29 is 23.2 Å². The Kier molecular flexibility index (Phi) is 5.11. The quantitative estimate of drug-likeness (QED) is 0.655. The highest BCUT2D eigenvalue weighted by Gasteiger charge is 2.34. The Bertz CT molecular complexity index is 552. The largest absolute Gasteiger partial charge is 0.703 e. The lowest BCUT2D eigenvalue weighted by molar-refractivity contribution is 0.350. The summed E-state index contributed by atoms with van der Waals surface area (Å²) in [7, 11) is -5.98. The van der Waals surface area contributed by atoms with Crippen molar-refractivity contribution in [1.82, 2.24) is 9.97 Å². The Labute approximate surface area is 110 Å². The van der Waals surface area contributed by atoms with Crippen molar-refractivity contribution in [2.45, 2.75) is 0 Å². The van der Waals surface area contributed by atoms with Gasteiger partial charge in [-0.05, 0) is 4.31 Å². The topological polar surface area (TPSA) is 139 Å². The Balaban J connectivity index is 2.99. The summed E-state index contributed by atoms with van der Waals surface area (Å²) >= 11 is 0. The van der Waals surface area contributed by atoms with Crippen LogP contribution in [-0.2, 0) is 13.4 Å². The maximum Gasteiger partial charge on any atom is 0.703 e.